The predicted octanol–water partition coefficient (Wildman–Crippen LogP) is 7.83. The summed E-state index contributed by atoms with van der Waals surface area (Å²) in [5.74, 6) is 2.64. The first-order chi connectivity index (χ1) is 27.0. The van der Waals surface area contributed by atoms with Crippen LogP contribution in [0, 0.1) is 11.8 Å². The maximum Gasteiger partial charge on any atom is 0.329 e. The second-order valence-corrected chi connectivity index (χ2v) is 17.3. The molecule has 3 N–H and O–H groups in total. The van der Waals surface area contributed by atoms with Crippen molar-refractivity contribution in [1.82, 2.24) is 14.9 Å². The lowest BCUT2D eigenvalue weighted by Crippen LogP contribution is -2.53. The summed E-state index contributed by atoms with van der Waals surface area (Å²) in [4.78, 5) is 29.6. The fourth-order valence-corrected chi connectivity index (χ4v) is 10.1. The molecule has 1 spiro atoms. The number of carboxylic acid groups (broad SMARTS) is 1. The van der Waals surface area contributed by atoms with E-state index in [9.17, 15) is 14.7 Å². The Morgan fingerprint density at radius 2 is 1.96 bits per heavy atom. The van der Waals surface area contributed by atoms with E-state index in [2.05, 4.69) is 41.6 Å². The van der Waals surface area contributed by atoms with Crippen molar-refractivity contribution >= 4 is 23.3 Å². The molecule has 1 fully saturated rings. The highest BCUT2D eigenvalue weighted by molar-refractivity contribution is 6.30. The van der Waals surface area contributed by atoms with Crippen molar-refractivity contribution in [3.8, 4) is 17.2 Å². The van der Waals surface area contributed by atoms with Crippen LogP contribution in [-0.4, -0.2) is 52.0 Å². The summed E-state index contributed by atoms with van der Waals surface area (Å²) < 4.78 is 21.1. The number of benzene rings is 2. The summed E-state index contributed by atoms with van der Waals surface area (Å²) in [6, 6.07) is 17.1. The average molecular weight is 781 g/mol. The summed E-state index contributed by atoms with van der Waals surface area (Å²) in [5, 5.41) is 18.2. The number of hydrogen-bond donors (Lipinski definition) is 3. The number of nitrogens with one attached hydrogen (secondary N) is 2. The number of aliphatic carboxylic acids is 1. The third-order valence-electron chi connectivity index (χ3n) is 12.9. The average Bonchev–Trinajstić information content (AvgIpc) is 3.45. The lowest BCUT2D eigenvalue weighted by molar-refractivity contribution is -0.144. The molecule has 296 valence electrons. The zero-order chi connectivity index (χ0) is 39.0. The molecule has 0 radical (unpaired) electrons. The van der Waals surface area contributed by atoms with Gasteiger partial charge in [-0.05, 0) is 134 Å². The van der Waals surface area contributed by atoms with E-state index in [1.54, 1.807) is 29.8 Å². The smallest absolute Gasteiger partial charge is 0.329 e. The highest BCUT2D eigenvalue weighted by Gasteiger charge is 2.54. The van der Waals surface area contributed by atoms with Crippen molar-refractivity contribution in [2.75, 3.05) is 25.1 Å². The maximum absolute atomic E-state index is 13.1. The summed E-state index contributed by atoms with van der Waals surface area (Å²) in [7, 11) is 1.75. The van der Waals surface area contributed by atoms with E-state index >= 15 is 0 Å². The van der Waals surface area contributed by atoms with Gasteiger partial charge in [-0.2, -0.15) is 0 Å². The van der Waals surface area contributed by atoms with Gasteiger partial charge in [0, 0.05) is 60.6 Å². The van der Waals surface area contributed by atoms with Crippen LogP contribution in [0.3, 0.4) is 0 Å². The Morgan fingerprint density at radius 3 is 2.75 bits per heavy atom. The zero-order valence-corrected chi connectivity index (χ0v) is 33.4. The number of rotatable bonds is 12. The van der Waals surface area contributed by atoms with Crippen molar-refractivity contribution in [1.29, 1.82) is 0 Å². The van der Waals surface area contributed by atoms with Crippen LogP contribution in [0.15, 0.2) is 71.8 Å². The molecule has 4 aromatic rings. The van der Waals surface area contributed by atoms with Crippen LogP contribution in [0.4, 0.5) is 5.69 Å². The van der Waals surface area contributed by atoms with Crippen molar-refractivity contribution < 1.29 is 24.1 Å². The molecule has 2 aromatic heterocycles. The molecular weight excluding hydrogens is 728 g/mol. The molecule has 11 heteroatoms. The molecule has 4 atom stereocenters. The van der Waals surface area contributed by atoms with Gasteiger partial charge < -0.3 is 34.5 Å². The van der Waals surface area contributed by atoms with Gasteiger partial charge >= 0.3 is 5.97 Å². The predicted molar refractivity (Wildman–Crippen MR) is 217 cm³/mol. The van der Waals surface area contributed by atoms with E-state index in [0.717, 1.165) is 61.3 Å². The number of ether oxygens (including phenoxy) is 3. The first kappa shape index (κ1) is 38.3. The molecule has 4 aliphatic rings. The molecule has 3 aliphatic carbocycles. The summed E-state index contributed by atoms with van der Waals surface area (Å²) >= 11 is 6.31. The van der Waals surface area contributed by atoms with E-state index in [1.165, 1.54) is 28.8 Å². The summed E-state index contributed by atoms with van der Waals surface area (Å²) in [6.07, 6.45) is 11.1. The highest BCUT2D eigenvalue weighted by Crippen LogP contribution is 2.58. The van der Waals surface area contributed by atoms with Crippen molar-refractivity contribution in [3.05, 3.63) is 110 Å². The minimum atomic E-state index is -1.11. The Hall–Kier alpha value is -4.54. The van der Waals surface area contributed by atoms with Crippen LogP contribution in [0.1, 0.15) is 92.7 Å². The Morgan fingerprint density at radius 1 is 1.12 bits per heavy atom. The normalized spacial score (nSPS) is 25.6. The summed E-state index contributed by atoms with van der Waals surface area (Å²) in [6.45, 7) is 6.79. The molecule has 2 aromatic carbocycles. The quantitative estimate of drug-likeness (QED) is 0.132. The molecule has 1 aliphatic heterocycles. The molecule has 0 unspecified atom stereocenters. The molecule has 0 amide bonds. The maximum atomic E-state index is 13.1. The van der Waals surface area contributed by atoms with Gasteiger partial charge in [-0.3, -0.25) is 9.78 Å². The Kier molecular flexibility index (Phi) is 10.8. The molecular formula is C45H53ClN4O6. The number of carboxylic acids is 1. The lowest BCUT2D eigenvalue weighted by Gasteiger charge is -2.47. The minimum Gasteiger partial charge on any atom is -0.493 e. The number of halogens is 1. The van der Waals surface area contributed by atoms with Gasteiger partial charge in [0.05, 0.1) is 6.61 Å². The van der Waals surface area contributed by atoms with E-state index in [1.807, 2.05) is 36.7 Å². The van der Waals surface area contributed by atoms with Gasteiger partial charge in [-0.15, -0.1) is 0 Å². The fourth-order valence-electron chi connectivity index (χ4n) is 9.95. The van der Waals surface area contributed by atoms with Crippen LogP contribution >= 0.6 is 11.6 Å². The van der Waals surface area contributed by atoms with Gasteiger partial charge in [-0.25, -0.2) is 4.79 Å². The Labute approximate surface area is 333 Å². The number of carbonyl (C=O) groups is 1. The van der Waals surface area contributed by atoms with Crippen LogP contribution in [0.25, 0.3) is 0 Å². The first-order valence-corrected chi connectivity index (χ1v) is 20.6. The number of anilines is 1. The zero-order valence-electron chi connectivity index (χ0n) is 32.6. The third-order valence-corrected chi connectivity index (χ3v) is 13.2. The molecule has 8 rings (SSSR count). The largest absolute Gasteiger partial charge is 0.493 e. The van der Waals surface area contributed by atoms with E-state index < -0.39 is 11.5 Å². The van der Waals surface area contributed by atoms with E-state index in [4.69, 9.17) is 25.8 Å². The van der Waals surface area contributed by atoms with Crippen LogP contribution in [0.5, 0.6) is 17.2 Å². The second-order valence-electron chi connectivity index (χ2n) is 16.8. The summed E-state index contributed by atoms with van der Waals surface area (Å²) in [5.41, 5.74) is 5.33. The van der Waals surface area contributed by atoms with E-state index in [-0.39, 0.29) is 23.0 Å². The topological polar surface area (TPSA) is 124 Å². The molecule has 56 heavy (non-hydrogen) atoms. The van der Waals surface area contributed by atoms with Crippen LogP contribution in [0.2, 0.25) is 5.02 Å². The van der Waals surface area contributed by atoms with Gasteiger partial charge in [-0.1, -0.05) is 37.6 Å². The Balaban J connectivity index is 1.02. The van der Waals surface area contributed by atoms with Crippen molar-refractivity contribution in [3.63, 3.8) is 0 Å². The van der Waals surface area contributed by atoms with Crippen molar-refractivity contribution in [2.45, 2.75) is 101 Å². The number of aryl methyl sites for hydroxylation is 2. The number of pyridine rings is 2. The molecule has 10 nitrogen and oxygen atoms in total. The lowest BCUT2D eigenvalue weighted by atomic mass is 9.59. The van der Waals surface area contributed by atoms with Gasteiger partial charge in [0.25, 0.3) is 0 Å². The fraction of sp³-hybridized carbons (Fsp3) is 0.489. The number of hydrogen-bond acceptors (Lipinski definition) is 8. The van der Waals surface area contributed by atoms with Crippen LogP contribution < -0.4 is 30.4 Å². The number of nitrogens with zero attached hydrogens (tertiary/aromatic N) is 2. The van der Waals surface area contributed by atoms with Gasteiger partial charge in [0.2, 0.25) is 5.56 Å². The van der Waals surface area contributed by atoms with Gasteiger partial charge in [0.1, 0.15) is 24.0 Å². The molecule has 3 heterocycles. The standard InChI is InChI=1S/C45H53ClN4O6/c1-28(26-54-38-12-17-48-37-9-4-6-29(2)42(37)38)18-32-19-31-20-39-40(56-35(27-55-39)24-47-23-30-10-11-41(51)50(3)25-30)22-36(31)44(32)13-15-45(16-14-44,43(52)53)49-34-8-5-7-33(46)21-34/h5,7-8,10-12,17,20-22,25,28-29,32,35,47,49H,4,6,9,13-16,18-19,23-24,26-27H2,1-3H3,(H,52,53)/t28-,29-,32+,35+,44?,45?/m1/s1. The molecule has 0 saturated heterocycles. The molecule has 0 bridgehead atoms. The van der Waals surface area contributed by atoms with Crippen LogP contribution in [-0.2, 0) is 36.6 Å². The molecule has 1 saturated carbocycles. The second kappa shape index (κ2) is 15.8. The SMILES string of the molecule is C[C@@H](COc1ccnc2c1[C@H](C)CCC2)C[C@H]1Cc2cc3c(cc2C12CCC(Nc1cccc(Cl)c1)(C(=O)O)CC2)O[C@@H](CNCc1ccc(=O)n(C)c1)CO3. The number of aromatic nitrogens is 2. The highest BCUT2D eigenvalue weighted by atomic mass is 35.5. The van der Waals surface area contributed by atoms with Crippen molar-refractivity contribution in [2.24, 2.45) is 18.9 Å². The Bertz CT molecular complexity index is 2150. The van der Waals surface area contributed by atoms with Gasteiger partial charge in [0.15, 0.2) is 11.5 Å². The minimum absolute atomic E-state index is 0.0356. The third kappa shape index (κ3) is 7.62. The monoisotopic (exact) mass is 780 g/mol. The first-order valence-electron chi connectivity index (χ1n) is 20.2. The van der Waals surface area contributed by atoms with E-state index in [0.29, 0.717) is 61.7 Å². The number of fused-ring (bicyclic) bond motifs is 4.